The van der Waals surface area contributed by atoms with Gasteiger partial charge in [-0.1, -0.05) is 66.2 Å². The molecule has 1 heterocycles. The number of fused-ring (bicyclic) bond motifs is 1. The Labute approximate surface area is 204 Å². The van der Waals surface area contributed by atoms with Gasteiger partial charge in [0.1, 0.15) is 5.75 Å². The second-order valence-corrected chi connectivity index (χ2v) is 8.52. The molecule has 4 nitrogen and oxygen atoms in total. The molecule has 5 heteroatoms. The predicted molar refractivity (Wildman–Crippen MR) is 138 cm³/mol. The fourth-order valence-corrected chi connectivity index (χ4v) is 4.41. The molecule has 0 fully saturated rings. The number of amides is 1. The highest BCUT2D eigenvalue weighted by Gasteiger charge is 2.33. The number of rotatable bonds is 4. The summed E-state index contributed by atoms with van der Waals surface area (Å²) in [6.07, 6.45) is 0.558. The topological polar surface area (TPSA) is 41.9 Å². The molecule has 0 spiro atoms. The summed E-state index contributed by atoms with van der Waals surface area (Å²) in [6, 6.07) is 32.6. The quantitative estimate of drug-likeness (QED) is 0.317. The number of ether oxygens (including phenoxy) is 1. The Kier molecular flexibility index (Phi) is 6.15. The van der Waals surface area contributed by atoms with Crippen molar-refractivity contribution in [2.75, 3.05) is 12.0 Å². The first-order valence-corrected chi connectivity index (χ1v) is 11.5. The molecule has 0 saturated heterocycles. The maximum atomic E-state index is 14.0. The van der Waals surface area contributed by atoms with E-state index in [9.17, 15) is 4.79 Å². The lowest BCUT2D eigenvalue weighted by molar-refractivity contribution is 0.0977. The molecule has 5 rings (SSSR count). The number of carbonyl (C=O) groups is 1. The van der Waals surface area contributed by atoms with E-state index in [1.807, 2.05) is 83.8 Å². The number of hydrogen-bond acceptors (Lipinski definition) is 3. The number of methoxy groups -OCH3 is 1. The van der Waals surface area contributed by atoms with Crippen LogP contribution in [0.2, 0.25) is 5.02 Å². The van der Waals surface area contributed by atoms with Crippen molar-refractivity contribution in [3.8, 4) is 5.75 Å². The zero-order valence-corrected chi connectivity index (χ0v) is 19.4. The molecule has 4 aromatic rings. The third-order valence-electron chi connectivity index (χ3n) is 6.01. The van der Waals surface area contributed by atoms with Crippen molar-refractivity contribution >= 4 is 34.6 Å². The summed E-state index contributed by atoms with van der Waals surface area (Å²) < 4.78 is 5.28. The average molecular weight is 467 g/mol. The molecular formula is C29H23ClN2O2. The maximum absolute atomic E-state index is 14.0. The van der Waals surface area contributed by atoms with E-state index >= 15 is 0 Å². The Balaban J connectivity index is 1.66. The summed E-state index contributed by atoms with van der Waals surface area (Å²) >= 11 is 6.14. The number of aliphatic imine (C=N–C) groups is 1. The third-order valence-corrected chi connectivity index (χ3v) is 6.26. The minimum atomic E-state index is -0.242. The summed E-state index contributed by atoms with van der Waals surface area (Å²) in [5.74, 6) is 0.622. The monoisotopic (exact) mass is 466 g/mol. The van der Waals surface area contributed by atoms with Gasteiger partial charge in [0, 0.05) is 17.0 Å². The molecule has 1 aliphatic heterocycles. The zero-order valence-electron chi connectivity index (χ0n) is 18.7. The first kappa shape index (κ1) is 21.9. The summed E-state index contributed by atoms with van der Waals surface area (Å²) in [5, 5.41) is 0.675. The molecular weight excluding hydrogens is 444 g/mol. The smallest absolute Gasteiger partial charge is 0.258 e. The maximum Gasteiger partial charge on any atom is 0.258 e. The van der Waals surface area contributed by atoms with Crippen LogP contribution in [0.3, 0.4) is 0 Å². The van der Waals surface area contributed by atoms with Crippen LogP contribution in [0, 0.1) is 0 Å². The van der Waals surface area contributed by atoms with Crippen LogP contribution in [-0.4, -0.2) is 18.7 Å². The van der Waals surface area contributed by atoms with Crippen molar-refractivity contribution in [3.05, 3.63) is 125 Å². The Morgan fingerprint density at radius 2 is 1.56 bits per heavy atom. The zero-order chi connectivity index (χ0) is 23.5. The van der Waals surface area contributed by atoms with Crippen LogP contribution in [-0.2, 0) is 0 Å². The van der Waals surface area contributed by atoms with Crippen molar-refractivity contribution in [2.24, 2.45) is 4.99 Å². The minimum absolute atomic E-state index is 0.0866. The lowest BCUT2D eigenvalue weighted by atomic mass is 9.95. The van der Waals surface area contributed by atoms with Gasteiger partial charge in [0.05, 0.1) is 30.2 Å². The van der Waals surface area contributed by atoms with Crippen LogP contribution in [0.1, 0.15) is 33.9 Å². The molecule has 34 heavy (non-hydrogen) atoms. The molecule has 0 bridgehead atoms. The molecule has 4 aromatic carbocycles. The highest BCUT2D eigenvalue weighted by Crippen LogP contribution is 2.41. The van der Waals surface area contributed by atoms with Gasteiger partial charge < -0.3 is 4.74 Å². The van der Waals surface area contributed by atoms with Gasteiger partial charge in [-0.25, -0.2) is 0 Å². The van der Waals surface area contributed by atoms with Gasteiger partial charge in [0.2, 0.25) is 0 Å². The van der Waals surface area contributed by atoms with Crippen LogP contribution in [0.4, 0.5) is 11.4 Å². The van der Waals surface area contributed by atoms with E-state index in [-0.39, 0.29) is 11.9 Å². The molecule has 1 atom stereocenters. The summed E-state index contributed by atoms with van der Waals surface area (Å²) in [7, 11) is 1.61. The Bertz CT molecular complexity index is 1330. The van der Waals surface area contributed by atoms with E-state index in [1.54, 1.807) is 19.2 Å². The van der Waals surface area contributed by atoms with Crippen molar-refractivity contribution < 1.29 is 9.53 Å². The van der Waals surface area contributed by atoms with E-state index in [4.69, 9.17) is 21.3 Å². The van der Waals surface area contributed by atoms with Gasteiger partial charge in [-0.05, 0) is 59.7 Å². The standard InChI is InChI=1S/C29H23ClN2O2/c1-34-24-17-13-22(14-18-24)29(33)32-27-10-6-5-9-25(27)31-26(20-11-15-23(30)16-12-20)19-28(32)21-7-3-2-4-8-21/h2-18,28H,19H2,1H3/t28-/m0/s1. The van der Waals surface area contributed by atoms with Gasteiger partial charge in [-0.15, -0.1) is 0 Å². The molecule has 0 saturated carbocycles. The largest absolute Gasteiger partial charge is 0.497 e. The first-order chi connectivity index (χ1) is 16.6. The molecule has 0 aliphatic carbocycles. The van der Waals surface area contributed by atoms with Gasteiger partial charge in [0.25, 0.3) is 5.91 Å². The Morgan fingerprint density at radius 3 is 2.26 bits per heavy atom. The van der Waals surface area contributed by atoms with E-state index in [0.29, 0.717) is 22.8 Å². The van der Waals surface area contributed by atoms with Crippen molar-refractivity contribution in [3.63, 3.8) is 0 Å². The fraction of sp³-hybridized carbons (Fsp3) is 0.103. The number of nitrogens with zero attached hydrogens (tertiary/aromatic N) is 2. The second-order valence-electron chi connectivity index (χ2n) is 8.09. The van der Waals surface area contributed by atoms with Crippen LogP contribution in [0.5, 0.6) is 5.75 Å². The molecule has 1 amide bonds. The molecule has 168 valence electrons. The highest BCUT2D eigenvalue weighted by molar-refractivity contribution is 6.30. The first-order valence-electron chi connectivity index (χ1n) is 11.1. The van der Waals surface area contributed by atoms with E-state index in [1.165, 1.54) is 0 Å². The Morgan fingerprint density at radius 1 is 0.882 bits per heavy atom. The van der Waals surface area contributed by atoms with E-state index in [0.717, 1.165) is 28.2 Å². The third kappa shape index (κ3) is 4.33. The van der Waals surface area contributed by atoms with Crippen molar-refractivity contribution in [2.45, 2.75) is 12.5 Å². The van der Waals surface area contributed by atoms with Gasteiger partial charge >= 0.3 is 0 Å². The molecule has 0 unspecified atom stereocenters. The summed E-state index contributed by atoms with van der Waals surface area (Å²) in [6.45, 7) is 0. The van der Waals surface area contributed by atoms with Crippen LogP contribution in [0.25, 0.3) is 0 Å². The van der Waals surface area contributed by atoms with Crippen LogP contribution >= 0.6 is 11.6 Å². The lowest BCUT2D eigenvalue weighted by Gasteiger charge is -2.32. The van der Waals surface area contributed by atoms with Crippen molar-refractivity contribution in [1.29, 1.82) is 0 Å². The van der Waals surface area contributed by atoms with Gasteiger partial charge in [0.15, 0.2) is 0 Å². The summed E-state index contributed by atoms with van der Waals surface area (Å²) in [4.78, 5) is 20.9. The molecule has 0 radical (unpaired) electrons. The van der Waals surface area contributed by atoms with Gasteiger partial charge in [-0.2, -0.15) is 0 Å². The average Bonchev–Trinajstić information content (AvgIpc) is 3.06. The SMILES string of the molecule is COc1ccc(C(=O)N2c3ccccc3N=C(c3ccc(Cl)cc3)C[C@H]2c2ccccc2)cc1. The number of halogens is 1. The van der Waals surface area contributed by atoms with Crippen LogP contribution in [0.15, 0.2) is 108 Å². The number of carbonyl (C=O) groups excluding carboxylic acids is 1. The van der Waals surface area contributed by atoms with Crippen molar-refractivity contribution in [1.82, 2.24) is 0 Å². The minimum Gasteiger partial charge on any atom is -0.497 e. The number of anilines is 1. The summed E-state index contributed by atoms with van der Waals surface area (Å²) in [5.41, 5.74) is 5.06. The normalized spacial score (nSPS) is 15.2. The second kappa shape index (κ2) is 9.54. The lowest BCUT2D eigenvalue weighted by Crippen LogP contribution is -2.35. The van der Waals surface area contributed by atoms with Crippen LogP contribution < -0.4 is 9.64 Å². The fourth-order valence-electron chi connectivity index (χ4n) is 4.29. The highest BCUT2D eigenvalue weighted by atomic mass is 35.5. The molecule has 1 aliphatic rings. The molecule has 0 N–H and O–H groups in total. The van der Waals surface area contributed by atoms with E-state index in [2.05, 4.69) is 12.1 Å². The van der Waals surface area contributed by atoms with E-state index < -0.39 is 0 Å². The predicted octanol–water partition coefficient (Wildman–Crippen LogP) is 7.26. The number of para-hydroxylation sites is 2. The number of benzene rings is 4. The Hall–Kier alpha value is -3.89. The number of hydrogen-bond donors (Lipinski definition) is 0. The van der Waals surface area contributed by atoms with Gasteiger partial charge in [-0.3, -0.25) is 14.7 Å². The molecule has 0 aromatic heterocycles.